The lowest BCUT2D eigenvalue weighted by molar-refractivity contribution is 0.528. The Morgan fingerprint density at radius 3 is 0.848 bits per heavy atom. The third-order valence-corrected chi connectivity index (χ3v) is 3.79. The van der Waals surface area contributed by atoms with Crippen molar-refractivity contribution in [3.8, 4) is 0 Å². The Morgan fingerprint density at radius 1 is 0.455 bits per heavy atom. The summed E-state index contributed by atoms with van der Waals surface area (Å²) in [5, 5.41) is 0. The molecule has 0 N–H and O–H groups in total. The molecular weight excluding hydrogens is 414 g/mol. The molecule has 9 heteroatoms. The van der Waals surface area contributed by atoms with Crippen molar-refractivity contribution >= 4 is 36.9 Å². The molecule has 1 rings (SSSR count). The van der Waals surface area contributed by atoms with E-state index in [0.717, 1.165) is 0 Å². The van der Waals surface area contributed by atoms with E-state index < -0.39 is 0 Å². The van der Waals surface area contributed by atoms with Gasteiger partial charge in [-0.3, -0.25) is 0 Å². The van der Waals surface area contributed by atoms with Crippen LogP contribution in [0.1, 0.15) is 0 Å². The maximum Gasteiger partial charge on any atom is 0.257 e. The number of nitrogens with zero attached hydrogens (tertiary/aromatic N) is 9. The average Bonchev–Trinajstić information content (AvgIpc) is 2.80. The molecule has 1 aromatic rings. The van der Waals surface area contributed by atoms with Gasteiger partial charge in [0, 0.05) is 39.3 Å². The van der Waals surface area contributed by atoms with Crippen LogP contribution in [0.15, 0.2) is 90.9 Å². The van der Waals surface area contributed by atoms with Gasteiger partial charge in [-0.25, -0.2) is 15.0 Å². The van der Waals surface area contributed by atoms with Crippen molar-refractivity contribution < 1.29 is 0 Å². The first-order chi connectivity index (χ1) is 16.1. The van der Waals surface area contributed by atoms with E-state index in [4.69, 9.17) is 0 Å². The van der Waals surface area contributed by atoms with Crippen molar-refractivity contribution in [1.82, 2.24) is 29.7 Å². The zero-order valence-corrected chi connectivity index (χ0v) is 19.2. The second kappa shape index (κ2) is 16.5. The van der Waals surface area contributed by atoms with E-state index in [1.54, 1.807) is 55.5 Å². The van der Waals surface area contributed by atoms with E-state index in [0.29, 0.717) is 39.3 Å². The second-order valence-electron chi connectivity index (χ2n) is 6.56. The molecular formula is C24H33N9. The molecule has 0 amide bonds. The number of aliphatic imine (C=N–C) groups is 3. The Hall–Kier alpha value is -4.14. The Bertz CT molecular complexity index is 729. The van der Waals surface area contributed by atoms with Gasteiger partial charge in [-0.2, -0.15) is 15.0 Å². The summed E-state index contributed by atoms with van der Waals surface area (Å²) in [5.41, 5.74) is 0. The summed E-state index contributed by atoms with van der Waals surface area (Å²) in [6, 6.07) is 0. The number of rotatable bonds is 18. The Kier molecular flexibility index (Phi) is 13.5. The predicted octanol–water partition coefficient (Wildman–Crippen LogP) is 3.87. The average molecular weight is 448 g/mol. The predicted molar refractivity (Wildman–Crippen MR) is 140 cm³/mol. The maximum atomic E-state index is 4.37. The van der Waals surface area contributed by atoms with Gasteiger partial charge >= 0.3 is 0 Å². The highest BCUT2D eigenvalue weighted by molar-refractivity contribution is 5.63. The monoisotopic (exact) mass is 447 g/mol. The van der Waals surface area contributed by atoms with Crippen LogP contribution in [0, 0.1) is 0 Å². The van der Waals surface area contributed by atoms with Gasteiger partial charge < -0.3 is 14.7 Å². The van der Waals surface area contributed by atoms with Crippen LogP contribution in [-0.4, -0.2) is 87.9 Å². The Labute approximate surface area is 197 Å². The molecule has 0 aliphatic rings. The van der Waals surface area contributed by atoms with Gasteiger partial charge in [-0.05, 0) is 0 Å². The van der Waals surface area contributed by atoms with Crippen molar-refractivity contribution in [1.29, 1.82) is 0 Å². The molecule has 0 fully saturated rings. The van der Waals surface area contributed by atoms with Crippen molar-refractivity contribution in [3.05, 3.63) is 75.9 Å². The first-order valence-corrected chi connectivity index (χ1v) is 10.4. The van der Waals surface area contributed by atoms with Crippen LogP contribution in [0.3, 0.4) is 0 Å². The van der Waals surface area contributed by atoms with E-state index in [-0.39, 0.29) is 17.8 Å². The topological polar surface area (TPSA) is 85.5 Å². The standard InChI is InChI=1S/C24H33N9/c1-7-13-31(14-8-2)19-25-22-28-23(26-20-32(15-9-3)16-10-4)30-24(29-22)27-21-33(17-11-5)18-12-6/h7-12,19-21H,1-6,13-18H2. The third-order valence-electron chi connectivity index (χ3n) is 3.79. The molecule has 0 radical (unpaired) electrons. The van der Waals surface area contributed by atoms with Gasteiger partial charge in [0.25, 0.3) is 17.8 Å². The summed E-state index contributed by atoms with van der Waals surface area (Å²) in [5.74, 6) is 0.543. The fraction of sp³-hybridized carbons (Fsp3) is 0.250. The van der Waals surface area contributed by atoms with Crippen LogP contribution in [0.2, 0.25) is 0 Å². The normalized spacial score (nSPS) is 10.9. The highest BCUT2D eigenvalue weighted by Gasteiger charge is 2.06. The van der Waals surface area contributed by atoms with Gasteiger partial charge in [0.2, 0.25) is 0 Å². The van der Waals surface area contributed by atoms with Gasteiger partial charge in [0.05, 0.1) is 19.0 Å². The lowest BCUT2D eigenvalue weighted by atomic mass is 10.5. The molecule has 0 aliphatic carbocycles. The van der Waals surface area contributed by atoms with E-state index in [2.05, 4.69) is 69.4 Å². The third kappa shape index (κ3) is 11.2. The van der Waals surface area contributed by atoms with Crippen LogP contribution < -0.4 is 0 Å². The van der Waals surface area contributed by atoms with E-state index in [9.17, 15) is 0 Å². The van der Waals surface area contributed by atoms with Crippen LogP contribution >= 0.6 is 0 Å². The van der Waals surface area contributed by atoms with Gasteiger partial charge in [-0.1, -0.05) is 36.5 Å². The highest BCUT2D eigenvalue weighted by atomic mass is 15.3. The molecule has 1 heterocycles. The van der Waals surface area contributed by atoms with Gasteiger partial charge in [0.1, 0.15) is 0 Å². The summed E-state index contributed by atoms with van der Waals surface area (Å²) in [6.07, 6.45) is 15.5. The van der Waals surface area contributed by atoms with E-state index >= 15 is 0 Å². The quantitative estimate of drug-likeness (QED) is 0.193. The minimum atomic E-state index is 0.181. The van der Waals surface area contributed by atoms with Crippen LogP contribution in [0.25, 0.3) is 0 Å². The molecule has 174 valence electrons. The molecule has 0 spiro atoms. The fourth-order valence-corrected chi connectivity index (χ4v) is 2.42. The van der Waals surface area contributed by atoms with Crippen LogP contribution in [0.4, 0.5) is 17.8 Å². The fourth-order valence-electron chi connectivity index (χ4n) is 2.42. The molecule has 0 unspecified atom stereocenters. The molecule has 0 aromatic carbocycles. The molecule has 0 bridgehead atoms. The summed E-state index contributed by atoms with van der Waals surface area (Å²) in [6.45, 7) is 26.1. The molecule has 33 heavy (non-hydrogen) atoms. The second-order valence-corrected chi connectivity index (χ2v) is 6.56. The van der Waals surface area contributed by atoms with Crippen molar-refractivity contribution in [3.63, 3.8) is 0 Å². The molecule has 0 atom stereocenters. The molecule has 1 aromatic heterocycles. The summed E-state index contributed by atoms with van der Waals surface area (Å²) in [4.78, 5) is 31.8. The first-order valence-electron chi connectivity index (χ1n) is 10.4. The Morgan fingerprint density at radius 2 is 0.667 bits per heavy atom. The van der Waals surface area contributed by atoms with Crippen molar-refractivity contribution in [2.24, 2.45) is 15.0 Å². The minimum absolute atomic E-state index is 0.181. The minimum Gasteiger partial charge on any atom is -0.355 e. The number of aromatic nitrogens is 3. The van der Waals surface area contributed by atoms with Crippen molar-refractivity contribution in [2.75, 3.05) is 39.3 Å². The highest BCUT2D eigenvalue weighted by Crippen LogP contribution is 2.16. The lowest BCUT2D eigenvalue weighted by Crippen LogP contribution is -2.22. The Balaban J connectivity index is 3.30. The van der Waals surface area contributed by atoms with E-state index in [1.807, 2.05) is 14.7 Å². The van der Waals surface area contributed by atoms with Gasteiger partial charge in [-0.15, -0.1) is 39.5 Å². The first kappa shape index (κ1) is 26.9. The maximum absolute atomic E-state index is 4.37. The SMILES string of the molecule is C=CCN(C=Nc1nc(N=CN(CC=C)CC=C)nc(N=CN(CC=C)CC=C)n1)CC=C. The van der Waals surface area contributed by atoms with Crippen LogP contribution in [0.5, 0.6) is 0 Å². The van der Waals surface area contributed by atoms with E-state index in [1.165, 1.54) is 0 Å². The molecule has 0 aliphatic heterocycles. The molecule has 0 saturated carbocycles. The van der Waals surface area contributed by atoms with Crippen molar-refractivity contribution in [2.45, 2.75) is 0 Å². The largest absolute Gasteiger partial charge is 0.355 e. The van der Waals surface area contributed by atoms with Crippen LogP contribution in [-0.2, 0) is 0 Å². The van der Waals surface area contributed by atoms with Gasteiger partial charge in [0.15, 0.2) is 0 Å². The summed E-state index contributed by atoms with van der Waals surface area (Å²) >= 11 is 0. The lowest BCUT2D eigenvalue weighted by Gasteiger charge is -2.15. The zero-order chi connectivity index (χ0) is 24.3. The molecule has 0 saturated heterocycles. The summed E-state index contributed by atoms with van der Waals surface area (Å²) in [7, 11) is 0. The zero-order valence-electron chi connectivity index (χ0n) is 19.2. The smallest absolute Gasteiger partial charge is 0.257 e. The molecule has 9 nitrogen and oxygen atoms in total. The number of hydrogen-bond acceptors (Lipinski definition) is 6. The summed E-state index contributed by atoms with van der Waals surface area (Å²) < 4.78 is 0. The number of hydrogen-bond donors (Lipinski definition) is 0.